The Morgan fingerprint density at radius 3 is 2.77 bits per heavy atom. The van der Waals surface area contributed by atoms with E-state index in [9.17, 15) is 9.59 Å². The molecule has 6 nitrogen and oxygen atoms in total. The quantitative estimate of drug-likeness (QED) is 0.288. The summed E-state index contributed by atoms with van der Waals surface area (Å²) in [6, 6.07) is 11.0. The molecule has 156 valence electrons. The van der Waals surface area contributed by atoms with Gasteiger partial charge >= 0.3 is 5.97 Å². The highest BCUT2D eigenvalue weighted by Crippen LogP contribution is 2.38. The Kier molecular flexibility index (Phi) is 7.61. The number of ether oxygens (including phenoxy) is 2. The molecule has 1 aliphatic heterocycles. The lowest BCUT2D eigenvalue weighted by Gasteiger charge is -2.14. The van der Waals surface area contributed by atoms with Crippen molar-refractivity contribution in [3.8, 4) is 11.5 Å². The minimum Gasteiger partial charge on any atom is -0.493 e. The Balaban J connectivity index is 1.84. The second kappa shape index (κ2) is 9.99. The molecule has 1 heterocycles. The van der Waals surface area contributed by atoms with Crippen LogP contribution in [0.1, 0.15) is 11.1 Å². The third-order valence-corrected chi connectivity index (χ3v) is 6.59. The van der Waals surface area contributed by atoms with Gasteiger partial charge in [-0.2, -0.15) is 0 Å². The number of nitrogens with zero attached hydrogens (tertiary/aromatic N) is 1. The second-order valence-corrected chi connectivity index (χ2v) is 9.32. The van der Waals surface area contributed by atoms with Crippen molar-refractivity contribution in [2.45, 2.75) is 6.61 Å². The molecule has 0 unspecified atom stereocenters. The summed E-state index contributed by atoms with van der Waals surface area (Å²) < 4.78 is 12.4. The van der Waals surface area contributed by atoms with Crippen molar-refractivity contribution >= 4 is 80.4 Å². The lowest BCUT2D eigenvalue weighted by molar-refractivity contribution is -0.140. The third-order valence-electron chi connectivity index (χ3n) is 4.05. The standard InChI is InChI=1S/C20H15ClINO5S2/c1-27-15-7-11(8-16-19(26)23(9-17(24)25)20(29)30-16)6-14(22)18(15)28-10-12-4-2-3-5-13(12)21/h2-8H,9-10H2,1H3,(H,24,25)/b16-8-. The monoisotopic (exact) mass is 575 g/mol. The summed E-state index contributed by atoms with van der Waals surface area (Å²) >= 11 is 14.5. The fraction of sp³-hybridized carbons (Fsp3) is 0.150. The van der Waals surface area contributed by atoms with E-state index < -0.39 is 18.4 Å². The van der Waals surface area contributed by atoms with E-state index in [2.05, 4.69) is 22.6 Å². The summed E-state index contributed by atoms with van der Waals surface area (Å²) in [7, 11) is 1.53. The van der Waals surface area contributed by atoms with Crippen LogP contribution >= 0.6 is 58.2 Å². The first-order valence-electron chi connectivity index (χ1n) is 8.51. The number of carbonyl (C=O) groups excluding carboxylic acids is 1. The number of hydrogen-bond acceptors (Lipinski definition) is 6. The van der Waals surface area contributed by atoms with Gasteiger partial charge in [0.2, 0.25) is 0 Å². The normalized spacial score (nSPS) is 15.0. The highest BCUT2D eigenvalue weighted by Gasteiger charge is 2.33. The number of carboxylic acids is 1. The van der Waals surface area contributed by atoms with Crippen molar-refractivity contribution in [1.82, 2.24) is 4.90 Å². The first-order chi connectivity index (χ1) is 14.3. The van der Waals surface area contributed by atoms with Gasteiger partial charge in [-0.25, -0.2) is 0 Å². The van der Waals surface area contributed by atoms with Crippen LogP contribution in [0.25, 0.3) is 6.08 Å². The van der Waals surface area contributed by atoms with Crippen molar-refractivity contribution in [3.05, 3.63) is 61.0 Å². The Morgan fingerprint density at radius 1 is 1.37 bits per heavy atom. The van der Waals surface area contributed by atoms with Crippen LogP contribution < -0.4 is 9.47 Å². The molecule has 1 saturated heterocycles. The van der Waals surface area contributed by atoms with Crippen molar-refractivity contribution in [3.63, 3.8) is 0 Å². The van der Waals surface area contributed by atoms with Crippen molar-refractivity contribution in [1.29, 1.82) is 0 Å². The number of amides is 1. The maximum atomic E-state index is 12.5. The number of aliphatic carboxylic acids is 1. The Labute approximate surface area is 201 Å². The fourth-order valence-electron chi connectivity index (χ4n) is 2.65. The summed E-state index contributed by atoms with van der Waals surface area (Å²) in [5.41, 5.74) is 1.56. The highest BCUT2D eigenvalue weighted by molar-refractivity contribution is 14.1. The lowest BCUT2D eigenvalue weighted by atomic mass is 10.1. The lowest BCUT2D eigenvalue weighted by Crippen LogP contribution is -2.33. The molecule has 2 aromatic rings. The molecular formula is C20H15ClINO5S2. The van der Waals surface area contributed by atoms with E-state index in [0.717, 1.165) is 25.8 Å². The first kappa shape index (κ1) is 22.9. The van der Waals surface area contributed by atoms with Gasteiger partial charge in [-0.15, -0.1) is 0 Å². The van der Waals surface area contributed by atoms with Crippen LogP contribution in [-0.4, -0.2) is 39.9 Å². The number of rotatable bonds is 7. The largest absolute Gasteiger partial charge is 0.493 e. The molecule has 0 bridgehead atoms. The molecule has 0 saturated carbocycles. The van der Waals surface area contributed by atoms with E-state index in [0.29, 0.717) is 27.0 Å². The molecule has 0 spiro atoms. The van der Waals surface area contributed by atoms with Gasteiger partial charge in [-0.3, -0.25) is 14.5 Å². The predicted molar refractivity (Wildman–Crippen MR) is 129 cm³/mol. The van der Waals surface area contributed by atoms with Crippen LogP contribution in [0.2, 0.25) is 5.02 Å². The maximum absolute atomic E-state index is 12.5. The number of benzene rings is 2. The minimum absolute atomic E-state index is 0.218. The molecule has 1 N–H and O–H groups in total. The number of halogens is 2. The zero-order valence-corrected chi connectivity index (χ0v) is 20.1. The molecule has 1 fully saturated rings. The average Bonchev–Trinajstić information content (AvgIpc) is 2.95. The minimum atomic E-state index is -1.12. The number of methoxy groups -OCH3 is 1. The van der Waals surface area contributed by atoms with Crippen molar-refractivity contribution in [2.75, 3.05) is 13.7 Å². The predicted octanol–water partition coefficient (Wildman–Crippen LogP) is 4.82. The van der Waals surface area contributed by atoms with Crippen LogP contribution in [0.4, 0.5) is 0 Å². The van der Waals surface area contributed by atoms with E-state index in [4.69, 9.17) is 38.4 Å². The van der Waals surface area contributed by atoms with Gasteiger partial charge in [0.25, 0.3) is 5.91 Å². The number of hydrogen-bond donors (Lipinski definition) is 1. The van der Waals surface area contributed by atoms with Crippen LogP contribution in [0.3, 0.4) is 0 Å². The molecule has 2 aromatic carbocycles. The van der Waals surface area contributed by atoms with Gasteiger partial charge in [0.05, 0.1) is 15.6 Å². The number of thioether (sulfide) groups is 1. The smallest absolute Gasteiger partial charge is 0.323 e. The summed E-state index contributed by atoms with van der Waals surface area (Å²) in [5.74, 6) is -0.487. The summed E-state index contributed by atoms with van der Waals surface area (Å²) in [6.45, 7) is -0.184. The molecule has 10 heteroatoms. The van der Waals surface area contributed by atoms with Crippen LogP contribution in [0, 0.1) is 3.57 Å². The van der Waals surface area contributed by atoms with Gasteiger partial charge in [0.15, 0.2) is 11.5 Å². The summed E-state index contributed by atoms with van der Waals surface area (Å²) in [4.78, 5) is 24.8. The number of carboxylic acid groups (broad SMARTS) is 1. The Morgan fingerprint density at radius 2 is 2.10 bits per heavy atom. The van der Waals surface area contributed by atoms with E-state index >= 15 is 0 Å². The zero-order valence-electron chi connectivity index (χ0n) is 15.6. The summed E-state index contributed by atoms with van der Waals surface area (Å²) in [5, 5.41) is 9.57. The number of carbonyl (C=O) groups is 2. The fourth-order valence-corrected chi connectivity index (χ4v) is 4.88. The van der Waals surface area contributed by atoms with Crippen molar-refractivity contribution in [2.24, 2.45) is 0 Å². The molecule has 1 amide bonds. The molecule has 30 heavy (non-hydrogen) atoms. The van der Waals surface area contributed by atoms with Crippen LogP contribution in [-0.2, 0) is 16.2 Å². The number of thiocarbonyl (C=S) groups is 1. The molecule has 0 radical (unpaired) electrons. The SMILES string of the molecule is COc1cc(/C=C2\SC(=S)N(CC(=O)O)C2=O)cc(I)c1OCc1ccccc1Cl. The van der Waals surface area contributed by atoms with E-state index in [1.165, 1.54) is 7.11 Å². The molecular weight excluding hydrogens is 561 g/mol. The molecule has 1 aliphatic rings. The summed E-state index contributed by atoms with van der Waals surface area (Å²) in [6.07, 6.45) is 1.66. The molecule has 3 rings (SSSR count). The van der Waals surface area contributed by atoms with Gasteiger partial charge in [-0.05, 0) is 52.4 Å². The van der Waals surface area contributed by atoms with Gasteiger partial charge in [0, 0.05) is 10.6 Å². The van der Waals surface area contributed by atoms with Crippen LogP contribution in [0.5, 0.6) is 11.5 Å². The Bertz CT molecular complexity index is 1060. The Hall–Kier alpha value is -1.82. The van der Waals surface area contributed by atoms with Gasteiger partial charge in [0.1, 0.15) is 17.5 Å². The van der Waals surface area contributed by atoms with Gasteiger partial charge in [-0.1, -0.05) is 53.8 Å². The second-order valence-electron chi connectivity index (χ2n) is 6.08. The molecule has 0 atom stereocenters. The molecule has 0 aromatic heterocycles. The van der Waals surface area contributed by atoms with E-state index in [-0.39, 0.29) is 10.9 Å². The highest BCUT2D eigenvalue weighted by atomic mass is 127. The third kappa shape index (κ3) is 5.26. The first-order valence-corrected chi connectivity index (χ1v) is 11.2. The average molecular weight is 576 g/mol. The van der Waals surface area contributed by atoms with Crippen molar-refractivity contribution < 1.29 is 24.2 Å². The maximum Gasteiger partial charge on any atom is 0.323 e. The zero-order chi connectivity index (χ0) is 21.8. The van der Waals surface area contributed by atoms with Crippen LogP contribution in [0.15, 0.2) is 41.3 Å². The van der Waals surface area contributed by atoms with Gasteiger partial charge < -0.3 is 14.6 Å². The van der Waals surface area contributed by atoms with E-state index in [1.807, 2.05) is 24.3 Å². The van der Waals surface area contributed by atoms with E-state index in [1.54, 1.807) is 18.2 Å². The molecule has 0 aliphatic carbocycles. The topological polar surface area (TPSA) is 76.1 Å².